The Balaban J connectivity index is 1.98. The van der Waals surface area contributed by atoms with E-state index in [9.17, 15) is 13.6 Å². The largest absolute Gasteiger partial charge is 0.478 e. The van der Waals surface area contributed by atoms with Crippen LogP contribution in [0.4, 0.5) is 14.6 Å². The van der Waals surface area contributed by atoms with E-state index in [4.69, 9.17) is 27.2 Å². The first kappa shape index (κ1) is 18.6. The number of nitrogens with two attached hydrogens (primary N) is 1. The van der Waals surface area contributed by atoms with Crippen molar-refractivity contribution in [2.45, 2.75) is 6.61 Å². The molecule has 3 N–H and O–H groups in total. The Labute approximate surface area is 158 Å². The zero-order valence-electron chi connectivity index (χ0n) is 13.7. The van der Waals surface area contributed by atoms with Crippen molar-refractivity contribution < 1.29 is 23.4 Å². The number of pyridine rings is 1. The molecule has 0 amide bonds. The first-order valence-electron chi connectivity index (χ1n) is 7.72. The van der Waals surface area contributed by atoms with Gasteiger partial charge in [0, 0.05) is 11.1 Å². The van der Waals surface area contributed by atoms with Crippen LogP contribution >= 0.6 is 11.6 Å². The lowest BCUT2D eigenvalue weighted by Crippen LogP contribution is -2.05. The van der Waals surface area contributed by atoms with Gasteiger partial charge in [0.25, 0.3) is 0 Å². The van der Waals surface area contributed by atoms with Crippen LogP contribution < -0.4 is 10.5 Å². The van der Waals surface area contributed by atoms with Gasteiger partial charge in [-0.2, -0.15) is 4.98 Å². The summed E-state index contributed by atoms with van der Waals surface area (Å²) in [5.74, 6) is -2.39. The fourth-order valence-corrected chi connectivity index (χ4v) is 2.65. The van der Waals surface area contributed by atoms with E-state index < -0.39 is 17.6 Å². The molecule has 0 aliphatic rings. The number of hydrogen-bond donors (Lipinski definition) is 2. The maximum Gasteiger partial charge on any atom is 0.335 e. The number of ether oxygens (including phenoxy) is 1. The molecule has 0 bridgehead atoms. The number of carboxylic acids is 1. The van der Waals surface area contributed by atoms with E-state index in [0.29, 0.717) is 11.1 Å². The van der Waals surface area contributed by atoms with Gasteiger partial charge in [-0.1, -0.05) is 23.7 Å². The first-order valence-corrected chi connectivity index (χ1v) is 8.10. The van der Waals surface area contributed by atoms with Crippen molar-refractivity contribution in [3.05, 3.63) is 76.3 Å². The summed E-state index contributed by atoms with van der Waals surface area (Å²) in [5.41, 5.74) is 6.57. The van der Waals surface area contributed by atoms with Gasteiger partial charge < -0.3 is 15.6 Å². The summed E-state index contributed by atoms with van der Waals surface area (Å²) in [6, 6.07) is 11.1. The highest BCUT2D eigenvalue weighted by molar-refractivity contribution is 6.31. The number of aromatic carboxylic acids is 1. The number of carbonyl (C=O) groups is 1. The molecule has 0 aliphatic heterocycles. The summed E-state index contributed by atoms with van der Waals surface area (Å²) >= 11 is 5.80. The SMILES string of the molecule is Nc1ccc(-c2cccc(C(=O)O)c2)c(OCc2c(F)ccc(F)c2Cl)n1. The maximum absolute atomic E-state index is 13.9. The number of carboxylic acid groups (broad SMARTS) is 1. The lowest BCUT2D eigenvalue weighted by molar-refractivity contribution is 0.0697. The van der Waals surface area contributed by atoms with Crippen LogP contribution in [0.25, 0.3) is 11.1 Å². The van der Waals surface area contributed by atoms with Gasteiger partial charge in [0.1, 0.15) is 24.1 Å². The van der Waals surface area contributed by atoms with Gasteiger partial charge in [-0.3, -0.25) is 0 Å². The molecule has 0 unspecified atom stereocenters. The van der Waals surface area contributed by atoms with Gasteiger partial charge in [-0.05, 0) is 42.0 Å². The van der Waals surface area contributed by atoms with E-state index in [1.54, 1.807) is 18.2 Å². The molecule has 0 radical (unpaired) electrons. The standard InChI is InChI=1S/C19H13ClF2N2O3/c20-17-13(14(21)5-6-15(17)22)9-27-18-12(4-7-16(23)24-18)10-2-1-3-11(8-10)19(25)26/h1-8H,9H2,(H2,23,24)(H,25,26). The Morgan fingerprint density at radius 3 is 2.63 bits per heavy atom. The third-order valence-corrected chi connectivity index (χ3v) is 4.20. The van der Waals surface area contributed by atoms with Crippen LogP contribution in [0.5, 0.6) is 5.88 Å². The number of nitrogen functional groups attached to an aromatic ring is 1. The van der Waals surface area contributed by atoms with Crippen molar-refractivity contribution in [1.29, 1.82) is 0 Å². The normalized spacial score (nSPS) is 10.6. The van der Waals surface area contributed by atoms with Crippen molar-refractivity contribution in [3.8, 4) is 17.0 Å². The molecule has 3 rings (SSSR count). The van der Waals surface area contributed by atoms with Crippen molar-refractivity contribution >= 4 is 23.4 Å². The molecule has 8 heteroatoms. The molecule has 0 saturated carbocycles. The molecule has 0 spiro atoms. The van der Waals surface area contributed by atoms with Crippen molar-refractivity contribution in [3.63, 3.8) is 0 Å². The van der Waals surface area contributed by atoms with Gasteiger partial charge in [0.2, 0.25) is 5.88 Å². The number of benzene rings is 2. The average molecular weight is 391 g/mol. The second-order valence-electron chi connectivity index (χ2n) is 5.59. The molecule has 2 aromatic carbocycles. The molecule has 3 aromatic rings. The summed E-state index contributed by atoms with van der Waals surface area (Å²) in [6.07, 6.45) is 0. The maximum atomic E-state index is 13.9. The van der Waals surface area contributed by atoms with Crippen molar-refractivity contribution in [2.24, 2.45) is 0 Å². The Bertz CT molecular complexity index is 1030. The fourth-order valence-electron chi connectivity index (χ4n) is 2.45. The Hall–Kier alpha value is -3.19. The summed E-state index contributed by atoms with van der Waals surface area (Å²) in [7, 11) is 0. The van der Waals surface area contributed by atoms with E-state index in [2.05, 4.69) is 4.98 Å². The number of anilines is 1. The molecule has 0 saturated heterocycles. The second kappa shape index (κ2) is 7.59. The minimum Gasteiger partial charge on any atom is -0.478 e. The smallest absolute Gasteiger partial charge is 0.335 e. The van der Waals surface area contributed by atoms with Crippen LogP contribution in [0.1, 0.15) is 15.9 Å². The highest BCUT2D eigenvalue weighted by atomic mass is 35.5. The van der Waals surface area contributed by atoms with E-state index in [1.165, 1.54) is 18.2 Å². The monoisotopic (exact) mass is 390 g/mol. The lowest BCUT2D eigenvalue weighted by Gasteiger charge is -2.13. The zero-order valence-corrected chi connectivity index (χ0v) is 14.5. The van der Waals surface area contributed by atoms with Crippen LogP contribution in [0.2, 0.25) is 5.02 Å². The highest BCUT2D eigenvalue weighted by Crippen LogP contribution is 2.31. The highest BCUT2D eigenvalue weighted by Gasteiger charge is 2.16. The third-order valence-electron chi connectivity index (χ3n) is 3.79. The van der Waals surface area contributed by atoms with Crippen LogP contribution in [-0.2, 0) is 6.61 Å². The summed E-state index contributed by atoms with van der Waals surface area (Å²) in [5, 5.41) is 8.77. The zero-order chi connectivity index (χ0) is 19.6. The second-order valence-corrected chi connectivity index (χ2v) is 5.96. The number of halogens is 3. The van der Waals surface area contributed by atoms with Crippen LogP contribution in [-0.4, -0.2) is 16.1 Å². The molecule has 1 heterocycles. The van der Waals surface area contributed by atoms with Crippen molar-refractivity contribution in [2.75, 3.05) is 5.73 Å². The van der Waals surface area contributed by atoms with Gasteiger partial charge in [-0.25, -0.2) is 13.6 Å². The first-order chi connectivity index (χ1) is 12.9. The van der Waals surface area contributed by atoms with Crippen molar-refractivity contribution in [1.82, 2.24) is 4.98 Å². The molecule has 138 valence electrons. The van der Waals surface area contributed by atoms with Crippen LogP contribution in [0, 0.1) is 11.6 Å². The van der Waals surface area contributed by atoms with E-state index in [-0.39, 0.29) is 34.5 Å². The summed E-state index contributed by atoms with van der Waals surface area (Å²) < 4.78 is 33.1. The molecular weight excluding hydrogens is 378 g/mol. The summed E-state index contributed by atoms with van der Waals surface area (Å²) in [6.45, 7) is -0.384. The topological polar surface area (TPSA) is 85.4 Å². The van der Waals surface area contributed by atoms with E-state index in [0.717, 1.165) is 12.1 Å². The Kier molecular flexibility index (Phi) is 5.23. The quantitative estimate of drug-likeness (QED) is 0.625. The fraction of sp³-hybridized carbons (Fsp3) is 0.0526. The molecule has 0 atom stereocenters. The number of hydrogen-bond acceptors (Lipinski definition) is 4. The van der Waals surface area contributed by atoms with Crippen LogP contribution in [0.3, 0.4) is 0 Å². The van der Waals surface area contributed by atoms with Gasteiger partial charge in [0.15, 0.2) is 0 Å². The lowest BCUT2D eigenvalue weighted by atomic mass is 10.0. The average Bonchev–Trinajstić information content (AvgIpc) is 2.65. The molecule has 1 aromatic heterocycles. The number of rotatable bonds is 5. The van der Waals surface area contributed by atoms with Gasteiger partial charge in [0.05, 0.1) is 10.6 Å². The predicted octanol–water partition coefficient (Wildman–Crippen LogP) is 4.54. The van der Waals surface area contributed by atoms with Gasteiger partial charge in [-0.15, -0.1) is 0 Å². The minimum atomic E-state index is -1.09. The van der Waals surface area contributed by atoms with E-state index >= 15 is 0 Å². The van der Waals surface area contributed by atoms with Gasteiger partial charge >= 0.3 is 5.97 Å². The molecule has 27 heavy (non-hydrogen) atoms. The summed E-state index contributed by atoms with van der Waals surface area (Å²) in [4.78, 5) is 15.3. The number of aromatic nitrogens is 1. The molecule has 0 aliphatic carbocycles. The molecule has 0 fully saturated rings. The minimum absolute atomic E-state index is 0.0391. The van der Waals surface area contributed by atoms with Crippen LogP contribution in [0.15, 0.2) is 48.5 Å². The van der Waals surface area contributed by atoms with E-state index in [1.807, 2.05) is 0 Å². The predicted molar refractivity (Wildman–Crippen MR) is 96.7 cm³/mol. The number of nitrogens with zero attached hydrogens (tertiary/aromatic N) is 1. The Morgan fingerprint density at radius 2 is 1.89 bits per heavy atom. The molecular formula is C19H13ClF2N2O3. The third kappa shape index (κ3) is 3.98. The molecule has 5 nitrogen and oxygen atoms in total. The Morgan fingerprint density at radius 1 is 1.15 bits per heavy atom.